The summed E-state index contributed by atoms with van der Waals surface area (Å²) in [5.41, 5.74) is 1.95. The molecule has 1 saturated heterocycles. The molecular weight excluding hydrogens is 399 g/mol. The van der Waals surface area contributed by atoms with E-state index in [2.05, 4.69) is 4.90 Å². The highest BCUT2D eigenvalue weighted by Crippen LogP contribution is 2.22. The van der Waals surface area contributed by atoms with Crippen molar-refractivity contribution in [2.75, 3.05) is 37.7 Å². The van der Waals surface area contributed by atoms with Gasteiger partial charge in [0.1, 0.15) is 17.1 Å². The average Bonchev–Trinajstić information content (AvgIpc) is 2.77. The molecular formula is C24H25FN2O4. The van der Waals surface area contributed by atoms with E-state index in [4.69, 9.17) is 9.15 Å². The molecule has 0 saturated carbocycles. The number of amides is 1. The van der Waals surface area contributed by atoms with E-state index in [9.17, 15) is 14.0 Å². The van der Waals surface area contributed by atoms with Crippen molar-refractivity contribution in [2.45, 2.75) is 19.8 Å². The Hall–Kier alpha value is -3.35. The van der Waals surface area contributed by atoms with Crippen LogP contribution in [0.2, 0.25) is 0 Å². The van der Waals surface area contributed by atoms with Gasteiger partial charge in [0.05, 0.1) is 6.61 Å². The van der Waals surface area contributed by atoms with E-state index >= 15 is 0 Å². The van der Waals surface area contributed by atoms with Crippen LogP contribution in [0.5, 0.6) is 5.75 Å². The SMILES string of the molecule is Cc1cc(=O)oc2cc(OCCCC(=O)N3CCN(c4ccc(F)cc4)CC3)ccc12. The molecule has 1 amide bonds. The number of carbonyl (C=O) groups excluding carboxylic acids is 1. The number of fused-ring (bicyclic) bond motifs is 1. The quantitative estimate of drug-likeness (QED) is 0.446. The van der Waals surface area contributed by atoms with E-state index in [1.807, 2.05) is 24.0 Å². The minimum absolute atomic E-state index is 0.113. The molecule has 4 rings (SSSR count). The van der Waals surface area contributed by atoms with Gasteiger partial charge in [0, 0.05) is 55.8 Å². The Bertz CT molecular complexity index is 1120. The van der Waals surface area contributed by atoms with E-state index in [-0.39, 0.29) is 17.3 Å². The zero-order valence-corrected chi connectivity index (χ0v) is 17.5. The minimum atomic E-state index is -0.382. The normalized spacial score (nSPS) is 14.1. The van der Waals surface area contributed by atoms with Crippen LogP contribution in [-0.4, -0.2) is 43.6 Å². The second-order valence-electron chi connectivity index (χ2n) is 7.70. The summed E-state index contributed by atoms with van der Waals surface area (Å²) >= 11 is 0. The third-order valence-corrected chi connectivity index (χ3v) is 5.55. The lowest BCUT2D eigenvalue weighted by Gasteiger charge is -2.36. The summed E-state index contributed by atoms with van der Waals surface area (Å²) in [6.45, 7) is 5.04. The zero-order chi connectivity index (χ0) is 21.8. The predicted molar refractivity (Wildman–Crippen MR) is 117 cm³/mol. The second-order valence-corrected chi connectivity index (χ2v) is 7.70. The maximum Gasteiger partial charge on any atom is 0.336 e. The molecule has 162 valence electrons. The van der Waals surface area contributed by atoms with Gasteiger partial charge in [-0.3, -0.25) is 4.79 Å². The van der Waals surface area contributed by atoms with Crippen LogP contribution in [0.3, 0.4) is 0 Å². The highest BCUT2D eigenvalue weighted by atomic mass is 19.1. The highest BCUT2D eigenvalue weighted by molar-refractivity contribution is 5.81. The first-order valence-corrected chi connectivity index (χ1v) is 10.5. The fraction of sp³-hybridized carbons (Fsp3) is 0.333. The molecule has 0 radical (unpaired) electrons. The van der Waals surface area contributed by atoms with Gasteiger partial charge in [-0.25, -0.2) is 9.18 Å². The minimum Gasteiger partial charge on any atom is -0.493 e. The molecule has 1 aromatic heterocycles. The zero-order valence-electron chi connectivity index (χ0n) is 17.5. The van der Waals surface area contributed by atoms with Crippen molar-refractivity contribution < 1.29 is 18.3 Å². The van der Waals surface area contributed by atoms with Crippen LogP contribution in [0.4, 0.5) is 10.1 Å². The van der Waals surface area contributed by atoms with E-state index in [1.165, 1.54) is 18.2 Å². The summed E-state index contributed by atoms with van der Waals surface area (Å²) in [6, 6.07) is 13.3. The summed E-state index contributed by atoms with van der Waals surface area (Å²) in [6.07, 6.45) is 1.02. The second kappa shape index (κ2) is 9.20. The average molecular weight is 424 g/mol. The Balaban J connectivity index is 1.22. The molecule has 0 N–H and O–H groups in total. The van der Waals surface area contributed by atoms with Crippen molar-refractivity contribution in [1.82, 2.24) is 4.90 Å². The molecule has 0 unspecified atom stereocenters. The number of hydrogen-bond acceptors (Lipinski definition) is 5. The Morgan fingerprint density at radius 1 is 1.06 bits per heavy atom. The topological polar surface area (TPSA) is 63.0 Å². The van der Waals surface area contributed by atoms with Crippen molar-refractivity contribution >= 4 is 22.6 Å². The first kappa shape index (κ1) is 20.9. The van der Waals surface area contributed by atoms with Gasteiger partial charge in [0.15, 0.2) is 0 Å². The van der Waals surface area contributed by atoms with Crippen molar-refractivity contribution in [2.24, 2.45) is 0 Å². The number of nitrogens with zero attached hydrogens (tertiary/aromatic N) is 2. The molecule has 7 heteroatoms. The third-order valence-electron chi connectivity index (χ3n) is 5.55. The molecule has 1 fully saturated rings. The van der Waals surface area contributed by atoms with Crippen LogP contribution in [0.25, 0.3) is 11.0 Å². The largest absolute Gasteiger partial charge is 0.493 e. The fourth-order valence-electron chi connectivity index (χ4n) is 3.83. The van der Waals surface area contributed by atoms with Gasteiger partial charge in [-0.2, -0.15) is 0 Å². The lowest BCUT2D eigenvalue weighted by atomic mass is 10.1. The molecule has 0 aliphatic carbocycles. The number of piperazine rings is 1. The van der Waals surface area contributed by atoms with Gasteiger partial charge in [-0.1, -0.05) is 0 Å². The molecule has 2 heterocycles. The molecule has 1 aliphatic rings. The van der Waals surface area contributed by atoms with Crippen molar-refractivity contribution in [3.8, 4) is 5.75 Å². The molecule has 3 aromatic rings. The summed E-state index contributed by atoms with van der Waals surface area (Å²) in [7, 11) is 0. The molecule has 0 bridgehead atoms. The lowest BCUT2D eigenvalue weighted by molar-refractivity contribution is -0.131. The smallest absolute Gasteiger partial charge is 0.336 e. The van der Waals surface area contributed by atoms with Gasteiger partial charge < -0.3 is 19.0 Å². The first-order chi connectivity index (χ1) is 15.0. The Morgan fingerprint density at radius 2 is 1.81 bits per heavy atom. The maximum atomic E-state index is 13.1. The monoisotopic (exact) mass is 424 g/mol. The van der Waals surface area contributed by atoms with Gasteiger partial charge >= 0.3 is 5.63 Å². The molecule has 6 nitrogen and oxygen atoms in total. The summed E-state index contributed by atoms with van der Waals surface area (Å²) < 4.78 is 24.1. The van der Waals surface area contributed by atoms with Crippen LogP contribution >= 0.6 is 0 Å². The van der Waals surface area contributed by atoms with Gasteiger partial charge in [-0.15, -0.1) is 0 Å². The standard InChI is InChI=1S/C24H25FN2O4/c1-17-15-24(29)31-22-16-20(8-9-21(17)22)30-14-2-3-23(28)27-12-10-26(11-13-27)19-6-4-18(25)5-7-19/h4-9,15-16H,2-3,10-14H2,1H3. The lowest BCUT2D eigenvalue weighted by Crippen LogP contribution is -2.48. The number of benzene rings is 2. The van der Waals surface area contributed by atoms with E-state index in [0.29, 0.717) is 43.9 Å². The number of rotatable bonds is 6. The predicted octanol–water partition coefficient (Wildman–Crippen LogP) is 3.75. The van der Waals surface area contributed by atoms with Gasteiger partial charge in [0.25, 0.3) is 0 Å². The van der Waals surface area contributed by atoms with Gasteiger partial charge in [-0.05, 0) is 55.3 Å². The summed E-state index contributed by atoms with van der Waals surface area (Å²) in [5.74, 6) is 0.479. The highest BCUT2D eigenvalue weighted by Gasteiger charge is 2.21. The summed E-state index contributed by atoms with van der Waals surface area (Å²) in [5, 5.41) is 0.877. The van der Waals surface area contributed by atoms with Gasteiger partial charge in [0.2, 0.25) is 5.91 Å². The van der Waals surface area contributed by atoms with E-state index in [0.717, 1.165) is 29.7 Å². The van der Waals surface area contributed by atoms with Crippen LogP contribution in [-0.2, 0) is 4.79 Å². The number of ether oxygens (including phenoxy) is 1. The Morgan fingerprint density at radius 3 is 2.55 bits per heavy atom. The number of anilines is 1. The van der Waals surface area contributed by atoms with Crippen LogP contribution in [0.1, 0.15) is 18.4 Å². The maximum absolute atomic E-state index is 13.1. The van der Waals surface area contributed by atoms with E-state index < -0.39 is 0 Å². The van der Waals surface area contributed by atoms with Crippen LogP contribution < -0.4 is 15.3 Å². The number of aryl methyl sites for hydroxylation is 1. The van der Waals surface area contributed by atoms with Crippen LogP contribution in [0, 0.1) is 12.7 Å². The fourth-order valence-corrected chi connectivity index (χ4v) is 3.83. The third kappa shape index (κ3) is 5.05. The van der Waals surface area contributed by atoms with Crippen molar-refractivity contribution in [1.29, 1.82) is 0 Å². The first-order valence-electron chi connectivity index (χ1n) is 10.5. The molecule has 2 aromatic carbocycles. The molecule has 31 heavy (non-hydrogen) atoms. The Labute approximate surface area is 179 Å². The van der Waals surface area contributed by atoms with Crippen molar-refractivity contribution in [3.63, 3.8) is 0 Å². The molecule has 0 atom stereocenters. The summed E-state index contributed by atoms with van der Waals surface area (Å²) in [4.78, 5) is 28.1. The van der Waals surface area contributed by atoms with E-state index in [1.54, 1.807) is 18.2 Å². The molecule has 0 spiro atoms. The number of hydrogen-bond donors (Lipinski definition) is 0. The molecule has 1 aliphatic heterocycles. The number of carbonyl (C=O) groups is 1. The number of halogens is 1. The van der Waals surface area contributed by atoms with Crippen LogP contribution in [0.15, 0.2) is 57.7 Å². The van der Waals surface area contributed by atoms with Crippen molar-refractivity contribution in [3.05, 3.63) is 70.3 Å². The Kier molecular flexibility index (Phi) is 6.21.